The van der Waals surface area contributed by atoms with Gasteiger partial charge in [0, 0.05) is 30.5 Å². The molecule has 1 fully saturated rings. The van der Waals surface area contributed by atoms with Crippen LogP contribution in [-0.4, -0.2) is 41.2 Å². The number of primary amides is 1. The van der Waals surface area contributed by atoms with Gasteiger partial charge in [-0.1, -0.05) is 0 Å². The van der Waals surface area contributed by atoms with E-state index in [9.17, 15) is 14.0 Å². The van der Waals surface area contributed by atoms with Gasteiger partial charge in [0.25, 0.3) is 11.8 Å². The van der Waals surface area contributed by atoms with Crippen LogP contribution in [0.2, 0.25) is 0 Å². The highest BCUT2D eigenvalue weighted by Crippen LogP contribution is 2.32. The Morgan fingerprint density at radius 1 is 1.43 bits per heavy atom. The molecule has 1 aromatic heterocycles. The van der Waals surface area contributed by atoms with E-state index in [1.807, 2.05) is 13.8 Å². The molecular formula is C20H24FN3O4. The molecule has 3 rings (SSSR count). The summed E-state index contributed by atoms with van der Waals surface area (Å²) in [6.45, 7) is 5.28. The number of carbonyl (C=O) groups excluding carboxylic acids is 2. The smallest absolute Gasteiger partial charge is 0.257 e. The van der Waals surface area contributed by atoms with Crippen LogP contribution in [0.1, 0.15) is 44.0 Å². The first kappa shape index (κ1) is 19.9. The largest absolute Gasteiger partial charge is 0.493 e. The van der Waals surface area contributed by atoms with Gasteiger partial charge in [-0.05, 0) is 39.0 Å². The van der Waals surface area contributed by atoms with Crippen LogP contribution < -0.4 is 20.5 Å². The first-order valence-corrected chi connectivity index (χ1v) is 9.19. The predicted octanol–water partition coefficient (Wildman–Crippen LogP) is 2.51. The van der Waals surface area contributed by atoms with Crippen LogP contribution in [0.25, 0.3) is 10.9 Å². The number of pyridine rings is 1. The molecule has 1 aliphatic heterocycles. The van der Waals surface area contributed by atoms with E-state index < -0.39 is 17.5 Å². The Morgan fingerprint density at radius 2 is 2.18 bits per heavy atom. The summed E-state index contributed by atoms with van der Waals surface area (Å²) in [6.07, 6.45) is 2.03. The Labute approximate surface area is 162 Å². The SMILES string of the molecule is CC(C)Oc1cc2c(OCC[C@@H]3C[C@](C)(F)C(=O)N3)ccnc2cc1C(N)=O. The highest BCUT2D eigenvalue weighted by Gasteiger charge is 2.42. The van der Waals surface area contributed by atoms with E-state index in [-0.39, 0.29) is 30.7 Å². The lowest BCUT2D eigenvalue weighted by molar-refractivity contribution is -0.128. The second-order valence-corrected chi connectivity index (χ2v) is 7.41. The van der Waals surface area contributed by atoms with Crippen LogP contribution in [0, 0.1) is 0 Å². The molecule has 2 heterocycles. The molecule has 0 unspecified atom stereocenters. The zero-order chi connectivity index (χ0) is 20.5. The number of benzene rings is 1. The molecule has 7 nitrogen and oxygen atoms in total. The normalized spacial score (nSPS) is 21.8. The van der Waals surface area contributed by atoms with Crippen molar-refractivity contribution in [1.82, 2.24) is 10.3 Å². The summed E-state index contributed by atoms with van der Waals surface area (Å²) in [7, 11) is 0. The number of aromatic nitrogens is 1. The van der Waals surface area contributed by atoms with Crippen molar-refractivity contribution in [2.75, 3.05) is 6.61 Å². The Kier molecular flexibility index (Phi) is 5.40. The molecule has 2 amide bonds. The molecule has 0 radical (unpaired) electrons. The molecule has 28 heavy (non-hydrogen) atoms. The number of halogens is 1. The number of amides is 2. The van der Waals surface area contributed by atoms with Crippen molar-refractivity contribution in [2.24, 2.45) is 5.73 Å². The van der Waals surface area contributed by atoms with Gasteiger partial charge in [0.15, 0.2) is 5.67 Å². The number of ether oxygens (including phenoxy) is 2. The van der Waals surface area contributed by atoms with Gasteiger partial charge in [-0.25, -0.2) is 4.39 Å². The average molecular weight is 389 g/mol. The maximum atomic E-state index is 14.0. The van der Waals surface area contributed by atoms with Crippen molar-refractivity contribution >= 4 is 22.7 Å². The highest BCUT2D eigenvalue weighted by atomic mass is 19.1. The quantitative estimate of drug-likeness (QED) is 0.757. The summed E-state index contributed by atoms with van der Waals surface area (Å²) in [4.78, 5) is 27.6. The van der Waals surface area contributed by atoms with Crippen LogP contribution in [0.4, 0.5) is 4.39 Å². The summed E-state index contributed by atoms with van der Waals surface area (Å²) in [5.41, 5.74) is 4.43. The number of hydrogen-bond acceptors (Lipinski definition) is 5. The minimum Gasteiger partial charge on any atom is -0.493 e. The molecule has 0 spiro atoms. The lowest BCUT2D eigenvalue weighted by Gasteiger charge is -2.16. The summed E-state index contributed by atoms with van der Waals surface area (Å²) in [5, 5.41) is 3.32. The third-order valence-electron chi connectivity index (χ3n) is 4.59. The molecule has 2 atom stereocenters. The van der Waals surface area contributed by atoms with Crippen molar-refractivity contribution in [2.45, 2.75) is 51.4 Å². The van der Waals surface area contributed by atoms with E-state index in [4.69, 9.17) is 15.2 Å². The Bertz CT molecular complexity index is 914. The van der Waals surface area contributed by atoms with Crippen LogP contribution in [0.15, 0.2) is 24.4 Å². The van der Waals surface area contributed by atoms with Crippen molar-refractivity contribution in [1.29, 1.82) is 0 Å². The molecule has 0 aliphatic carbocycles. The topological polar surface area (TPSA) is 104 Å². The van der Waals surface area contributed by atoms with Gasteiger partial charge in [-0.3, -0.25) is 14.6 Å². The number of hydrogen-bond donors (Lipinski definition) is 2. The number of fused-ring (bicyclic) bond motifs is 1. The van der Waals surface area contributed by atoms with Crippen molar-refractivity contribution < 1.29 is 23.5 Å². The first-order chi connectivity index (χ1) is 13.2. The van der Waals surface area contributed by atoms with Crippen LogP contribution in [0.5, 0.6) is 11.5 Å². The zero-order valence-corrected chi connectivity index (χ0v) is 16.1. The van der Waals surface area contributed by atoms with E-state index in [2.05, 4.69) is 10.3 Å². The van der Waals surface area contributed by atoms with Gasteiger partial charge in [0.2, 0.25) is 0 Å². The van der Waals surface area contributed by atoms with Crippen molar-refractivity contribution in [3.8, 4) is 11.5 Å². The van der Waals surface area contributed by atoms with E-state index >= 15 is 0 Å². The summed E-state index contributed by atoms with van der Waals surface area (Å²) >= 11 is 0. The third-order valence-corrected chi connectivity index (χ3v) is 4.59. The standard InChI is InChI=1S/C20H24FN3O4/c1-11(2)28-17-9-13-15(8-14(17)18(22)25)23-6-4-16(13)27-7-5-12-10-20(3,21)19(26)24-12/h4,6,8-9,11-12H,5,7,10H2,1-3H3,(H2,22,25)(H,24,26)/t12-,20+/m1/s1. The fourth-order valence-electron chi connectivity index (χ4n) is 3.25. The van der Waals surface area contributed by atoms with Crippen LogP contribution >= 0.6 is 0 Å². The zero-order valence-electron chi connectivity index (χ0n) is 16.1. The monoisotopic (exact) mass is 389 g/mol. The van der Waals surface area contributed by atoms with Crippen LogP contribution in [0.3, 0.4) is 0 Å². The minimum absolute atomic E-state index is 0.126. The molecule has 1 aromatic carbocycles. The summed E-state index contributed by atoms with van der Waals surface area (Å²) in [5.74, 6) is -0.260. The van der Waals surface area contributed by atoms with Crippen molar-refractivity contribution in [3.05, 3.63) is 30.0 Å². The number of rotatable bonds is 7. The Morgan fingerprint density at radius 3 is 2.79 bits per heavy atom. The number of nitrogens with two attached hydrogens (primary N) is 1. The average Bonchev–Trinajstić information content (AvgIpc) is 2.86. The van der Waals surface area contributed by atoms with Crippen molar-refractivity contribution in [3.63, 3.8) is 0 Å². The molecular weight excluding hydrogens is 365 g/mol. The number of carbonyl (C=O) groups is 2. The molecule has 1 aliphatic rings. The number of nitrogens with zero attached hydrogens (tertiary/aromatic N) is 1. The fraction of sp³-hybridized carbons (Fsp3) is 0.450. The van der Waals surface area contributed by atoms with Gasteiger partial charge in [-0.15, -0.1) is 0 Å². The second-order valence-electron chi connectivity index (χ2n) is 7.41. The van der Waals surface area contributed by atoms with E-state index in [0.717, 1.165) is 0 Å². The minimum atomic E-state index is -1.83. The summed E-state index contributed by atoms with van der Waals surface area (Å²) in [6, 6.07) is 4.71. The van der Waals surface area contributed by atoms with Gasteiger partial charge in [0.05, 0.1) is 23.8 Å². The van der Waals surface area contributed by atoms with E-state index in [0.29, 0.717) is 28.8 Å². The van der Waals surface area contributed by atoms with Crippen LogP contribution in [-0.2, 0) is 4.79 Å². The van der Waals surface area contributed by atoms with Gasteiger partial charge >= 0.3 is 0 Å². The van der Waals surface area contributed by atoms with E-state index in [1.165, 1.54) is 6.92 Å². The number of alkyl halides is 1. The Hall–Kier alpha value is -2.90. The lowest BCUT2D eigenvalue weighted by atomic mass is 10.0. The second kappa shape index (κ2) is 7.61. The predicted molar refractivity (Wildman–Crippen MR) is 102 cm³/mol. The van der Waals surface area contributed by atoms with E-state index in [1.54, 1.807) is 24.4 Å². The molecule has 0 bridgehead atoms. The molecule has 150 valence electrons. The lowest BCUT2D eigenvalue weighted by Crippen LogP contribution is -2.31. The number of nitrogens with one attached hydrogen (secondary N) is 1. The molecule has 2 aromatic rings. The third kappa shape index (κ3) is 4.16. The summed E-state index contributed by atoms with van der Waals surface area (Å²) < 4.78 is 25.5. The highest BCUT2D eigenvalue weighted by molar-refractivity contribution is 6.01. The Balaban J connectivity index is 1.79. The van der Waals surface area contributed by atoms with Gasteiger partial charge in [-0.2, -0.15) is 0 Å². The van der Waals surface area contributed by atoms with Gasteiger partial charge < -0.3 is 20.5 Å². The first-order valence-electron chi connectivity index (χ1n) is 9.19. The van der Waals surface area contributed by atoms with Gasteiger partial charge in [0.1, 0.15) is 11.5 Å². The molecule has 3 N–H and O–H groups in total. The molecule has 8 heteroatoms. The maximum Gasteiger partial charge on any atom is 0.257 e. The fourth-order valence-corrected chi connectivity index (χ4v) is 3.25. The molecule has 0 saturated carbocycles. The molecule has 1 saturated heterocycles. The maximum absolute atomic E-state index is 14.0.